The first-order valence-corrected chi connectivity index (χ1v) is 5.02. The van der Waals surface area contributed by atoms with Crippen molar-refractivity contribution in [2.24, 2.45) is 0 Å². The van der Waals surface area contributed by atoms with Crippen LogP contribution in [0.4, 0.5) is 20.6 Å². The fourth-order valence-corrected chi connectivity index (χ4v) is 1.15. The van der Waals surface area contributed by atoms with Gasteiger partial charge in [-0.25, -0.2) is 9.18 Å². The smallest absolute Gasteiger partial charge is 0.319 e. The normalized spacial score (nSPS) is 9.89. The third-order valence-corrected chi connectivity index (χ3v) is 2.00. The quantitative estimate of drug-likeness (QED) is 0.475. The van der Waals surface area contributed by atoms with Crippen LogP contribution in [0, 0.1) is 15.9 Å². The van der Waals surface area contributed by atoms with Crippen molar-refractivity contribution in [3.8, 4) is 0 Å². The average molecular weight is 257 g/mol. The molecule has 0 aliphatic carbocycles. The van der Waals surface area contributed by atoms with Crippen LogP contribution < -0.4 is 10.6 Å². The molecule has 0 aliphatic rings. The zero-order valence-electron chi connectivity index (χ0n) is 9.60. The third kappa shape index (κ3) is 3.98. The maximum atomic E-state index is 13.4. The van der Waals surface area contributed by atoms with E-state index in [9.17, 15) is 19.3 Å². The number of carbonyl (C=O) groups excluding carboxylic acids is 1. The second-order valence-electron chi connectivity index (χ2n) is 3.29. The molecule has 2 amide bonds. The van der Waals surface area contributed by atoms with Gasteiger partial charge in [-0.15, -0.1) is 0 Å². The van der Waals surface area contributed by atoms with Crippen LogP contribution in [0.2, 0.25) is 0 Å². The number of ether oxygens (including phenoxy) is 1. The molecule has 0 heterocycles. The first-order valence-electron chi connectivity index (χ1n) is 5.02. The molecule has 1 aromatic carbocycles. The predicted octanol–water partition coefficient (Wildman–Crippen LogP) is 1.50. The molecule has 18 heavy (non-hydrogen) atoms. The fraction of sp³-hybridized carbons (Fsp3) is 0.300. The van der Waals surface area contributed by atoms with Gasteiger partial charge in [0.2, 0.25) is 0 Å². The standard InChI is InChI=1S/C10H12FN3O4/c1-18-5-4-12-10(15)13-9-3-2-7(14(16)17)6-8(9)11/h2-3,6H,4-5H2,1H3,(H2,12,13,15). The summed E-state index contributed by atoms with van der Waals surface area (Å²) in [6.07, 6.45) is 0. The fourth-order valence-electron chi connectivity index (χ4n) is 1.15. The summed E-state index contributed by atoms with van der Waals surface area (Å²) in [6, 6.07) is 2.36. The topological polar surface area (TPSA) is 93.5 Å². The van der Waals surface area contributed by atoms with Gasteiger partial charge in [-0.05, 0) is 6.07 Å². The molecule has 8 heteroatoms. The number of anilines is 1. The van der Waals surface area contributed by atoms with Crippen molar-refractivity contribution in [2.45, 2.75) is 0 Å². The van der Waals surface area contributed by atoms with Gasteiger partial charge in [-0.2, -0.15) is 0 Å². The van der Waals surface area contributed by atoms with Crippen LogP contribution in [-0.4, -0.2) is 31.2 Å². The molecule has 7 nitrogen and oxygen atoms in total. The summed E-state index contributed by atoms with van der Waals surface area (Å²) in [7, 11) is 1.48. The number of nitrogens with zero attached hydrogens (tertiary/aromatic N) is 1. The van der Waals surface area contributed by atoms with Crippen LogP contribution in [0.5, 0.6) is 0 Å². The van der Waals surface area contributed by atoms with Crippen molar-refractivity contribution in [3.63, 3.8) is 0 Å². The molecule has 0 fully saturated rings. The van der Waals surface area contributed by atoms with Crippen LogP contribution in [0.15, 0.2) is 18.2 Å². The van der Waals surface area contributed by atoms with E-state index in [1.807, 2.05) is 0 Å². The average Bonchev–Trinajstić information content (AvgIpc) is 2.32. The minimum atomic E-state index is -0.869. The highest BCUT2D eigenvalue weighted by Gasteiger charge is 2.12. The molecular weight excluding hydrogens is 245 g/mol. The number of benzene rings is 1. The van der Waals surface area contributed by atoms with Crippen LogP contribution in [0.1, 0.15) is 0 Å². The zero-order chi connectivity index (χ0) is 13.5. The number of amides is 2. The van der Waals surface area contributed by atoms with Gasteiger partial charge in [0.25, 0.3) is 5.69 Å². The van der Waals surface area contributed by atoms with Crippen LogP contribution in [0.3, 0.4) is 0 Å². The number of urea groups is 1. The number of nitro benzene ring substituents is 1. The number of nitro groups is 1. The number of hydrogen-bond acceptors (Lipinski definition) is 4. The lowest BCUT2D eigenvalue weighted by Gasteiger charge is -2.07. The maximum absolute atomic E-state index is 13.4. The van der Waals surface area contributed by atoms with E-state index in [0.717, 1.165) is 18.2 Å². The lowest BCUT2D eigenvalue weighted by Crippen LogP contribution is -2.31. The summed E-state index contributed by atoms with van der Waals surface area (Å²) in [5.74, 6) is -0.869. The minimum absolute atomic E-state index is 0.129. The lowest BCUT2D eigenvalue weighted by atomic mass is 10.2. The van der Waals surface area contributed by atoms with Crippen molar-refractivity contribution in [1.82, 2.24) is 5.32 Å². The maximum Gasteiger partial charge on any atom is 0.319 e. The van der Waals surface area contributed by atoms with Gasteiger partial charge < -0.3 is 15.4 Å². The summed E-state index contributed by atoms with van der Waals surface area (Å²) in [5.41, 5.74) is -0.506. The summed E-state index contributed by atoms with van der Waals surface area (Å²) in [6.45, 7) is 0.604. The largest absolute Gasteiger partial charge is 0.383 e. The predicted molar refractivity (Wildman–Crippen MR) is 62.0 cm³/mol. The summed E-state index contributed by atoms with van der Waals surface area (Å²) in [4.78, 5) is 20.9. The molecule has 1 aromatic rings. The summed E-state index contributed by atoms with van der Waals surface area (Å²) in [5, 5.41) is 15.0. The van der Waals surface area contributed by atoms with Gasteiger partial charge in [0.1, 0.15) is 0 Å². The lowest BCUT2D eigenvalue weighted by molar-refractivity contribution is -0.385. The monoisotopic (exact) mass is 257 g/mol. The molecule has 0 aliphatic heterocycles. The van der Waals surface area contributed by atoms with E-state index in [4.69, 9.17) is 4.74 Å². The van der Waals surface area contributed by atoms with Gasteiger partial charge in [-0.3, -0.25) is 10.1 Å². The Morgan fingerprint density at radius 3 is 2.83 bits per heavy atom. The highest BCUT2D eigenvalue weighted by atomic mass is 19.1. The van der Waals surface area contributed by atoms with Crippen molar-refractivity contribution in [2.75, 3.05) is 25.6 Å². The highest BCUT2D eigenvalue weighted by molar-refractivity contribution is 5.89. The number of nitrogens with one attached hydrogen (secondary N) is 2. The van der Waals surface area contributed by atoms with Crippen LogP contribution in [0.25, 0.3) is 0 Å². The summed E-state index contributed by atoms with van der Waals surface area (Å²) < 4.78 is 18.1. The van der Waals surface area contributed by atoms with Gasteiger partial charge in [0.05, 0.1) is 23.3 Å². The Morgan fingerprint density at radius 2 is 2.28 bits per heavy atom. The number of rotatable bonds is 5. The number of non-ortho nitro benzene ring substituents is 1. The molecule has 0 spiro atoms. The number of carbonyl (C=O) groups is 1. The molecular formula is C10H12FN3O4. The van der Waals surface area contributed by atoms with E-state index in [2.05, 4.69) is 10.6 Å². The van der Waals surface area contributed by atoms with Crippen molar-refractivity contribution >= 4 is 17.4 Å². The van der Waals surface area contributed by atoms with Crippen LogP contribution >= 0.6 is 0 Å². The second kappa shape index (κ2) is 6.50. The van der Waals surface area contributed by atoms with Gasteiger partial charge in [0.15, 0.2) is 5.82 Å². The third-order valence-electron chi connectivity index (χ3n) is 2.00. The molecule has 98 valence electrons. The van der Waals surface area contributed by atoms with Gasteiger partial charge >= 0.3 is 6.03 Å². The molecule has 0 saturated carbocycles. The Morgan fingerprint density at radius 1 is 1.56 bits per heavy atom. The van der Waals surface area contributed by atoms with E-state index in [1.54, 1.807) is 0 Å². The molecule has 0 atom stereocenters. The first-order chi connectivity index (χ1) is 8.54. The minimum Gasteiger partial charge on any atom is -0.383 e. The Labute approximate surface area is 102 Å². The molecule has 0 aromatic heterocycles. The van der Waals surface area contributed by atoms with Crippen LogP contribution in [-0.2, 0) is 4.74 Å². The second-order valence-corrected chi connectivity index (χ2v) is 3.29. The van der Waals surface area contributed by atoms with E-state index < -0.39 is 16.8 Å². The van der Waals surface area contributed by atoms with E-state index >= 15 is 0 Å². The van der Waals surface area contributed by atoms with Gasteiger partial charge in [-0.1, -0.05) is 0 Å². The zero-order valence-corrected chi connectivity index (χ0v) is 9.60. The van der Waals surface area contributed by atoms with E-state index in [1.165, 1.54) is 7.11 Å². The highest BCUT2D eigenvalue weighted by Crippen LogP contribution is 2.20. The van der Waals surface area contributed by atoms with E-state index in [-0.39, 0.29) is 17.9 Å². The molecule has 0 saturated heterocycles. The van der Waals surface area contributed by atoms with Crippen molar-refractivity contribution < 1.29 is 18.8 Å². The molecule has 1 rings (SSSR count). The number of halogens is 1. The molecule has 2 N–H and O–H groups in total. The Kier molecular flexibility index (Phi) is 5.00. The Hall–Kier alpha value is -2.22. The Balaban J connectivity index is 2.62. The molecule has 0 bridgehead atoms. The van der Waals surface area contributed by atoms with Crippen molar-refractivity contribution in [3.05, 3.63) is 34.1 Å². The molecule has 0 radical (unpaired) electrons. The number of hydrogen-bond donors (Lipinski definition) is 2. The van der Waals surface area contributed by atoms with Gasteiger partial charge in [0, 0.05) is 19.7 Å². The van der Waals surface area contributed by atoms with Crippen molar-refractivity contribution in [1.29, 1.82) is 0 Å². The number of methoxy groups -OCH3 is 1. The molecule has 0 unspecified atom stereocenters. The first kappa shape index (κ1) is 13.8. The van der Waals surface area contributed by atoms with E-state index in [0.29, 0.717) is 6.61 Å². The SMILES string of the molecule is COCCNC(=O)Nc1ccc([N+](=O)[O-])cc1F. The Bertz CT molecular complexity index is 453. The summed E-state index contributed by atoms with van der Waals surface area (Å²) >= 11 is 0.